The Hall–Kier alpha value is -2.49. The number of fused-ring (bicyclic) bond motifs is 1. The van der Waals surface area contributed by atoms with Crippen molar-refractivity contribution in [1.29, 1.82) is 0 Å². The van der Waals surface area contributed by atoms with E-state index in [1.165, 1.54) is 12.1 Å². The summed E-state index contributed by atoms with van der Waals surface area (Å²) in [6, 6.07) is 11.9. The summed E-state index contributed by atoms with van der Waals surface area (Å²) in [6.07, 6.45) is 1.99. The Morgan fingerprint density at radius 1 is 1.20 bits per heavy atom. The summed E-state index contributed by atoms with van der Waals surface area (Å²) in [5.74, 6) is 0.205. The van der Waals surface area contributed by atoms with E-state index < -0.39 is 0 Å². The highest BCUT2D eigenvalue weighted by molar-refractivity contribution is 5.94. The predicted octanol–water partition coefficient (Wildman–Crippen LogP) is 3.48. The molecular weight excluding hydrogens is 255 g/mol. The van der Waals surface area contributed by atoms with Gasteiger partial charge in [-0.3, -0.25) is 0 Å². The van der Waals surface area contributed by atoms with Crippen LogP contribution >= 0.6 is 0 Å². The SMILES string of the molecule is Cn1cc(COc2cccc(F)c2)c2c(N)cccc21. The van der Waals surface area contributed by atoms with Crippen molar-refractivity contribution in [2.45, 2.75) is 6.61 Å². The zero-order valence-electron chi connectivity index (χ0n) is 11.1. The molecule has 0 bridgehead atoms. The molecule has 0 unspecified atom stereocenters. The third kappa shape index (κ3) is 2.20. The molecule has 0 saturated heterocycles. The number of aryl methyl sites for hydroxylation is 1. The molecule has 0 spiro atoms. The summed E-state index contributed by atoms with van der Waals surface area (Å²) >= 11 is 0. The topological polar surface area (TPSA) is 40.2 Å². The van der Waals surface area contributed by atoms with Gasteiger partial charge in [0.05, 0.1) is 5.52 Å². The maximum absolute atomic E-state index is 13.1. The van der Waals surface area contributed by atoms with Crippen LogP contribution in [0.15, 0.2) is 48.7 Å². The number of nitrogens with zero attached hydrogens (tertiary/aromatic N) is 1. The van der Waals surface area contributed by atoms with E-state index in [2.05, 4.69) is 0 Å². The molecule has 0 aliphatic heterocycles. The molecule has 1 aromatic heterocycles. The van der Waals surface area contributed by atoms with Gasteiger partial charge in [0.2, 0.25) is 0 Å². The number of nitrogens with two attached hydrogens (primary N) is 1. The summed E-state index contributed by atoms with van der Waals surface area (Å²) in [5, 5.41) is 0.992. The van der Waals surface area contributed by atoms with Crippen LogP contribution in [-0.2, 0) is 13.7 Å². The molecule has 0 radical (unpaired) electrons. The maximum Gasteiger partial charge on any atom is 0.126 e. The van der Waals surface area contributed by atoms with Crippen molar-refractivity contribution in [3.05, 3.63) is 60.0 Å². The molecule has 4 heteroatoms. The van der Waals surface area contributed by atoms with E-state index in [4.69, 9.17) is 10.5 Å². The first-order chi connectivity index (χ1) is 9.65. The number of anilines is 1. The zero-order valence-corrected chi connectivity index (χ0v) is 11.1. The van der Waals surface area contributed by atoms with E-state index in [-0.39, 0.29) is 5.82 Å². The lowest BCUT2D eigenvalue weighted by Crippen LogP contribution is -1.96. The fourth-order valence-electron chi connectivity index (χ4n) is 2.40. The van der Waals surface area contributed by atoms with Crippen LogP contribution in [0.1, 0.15) is 5.56 Å². The minimum atomic E-state index is -0.306. The fourth-order valence-corrected chi connectivity index (χ4v) is 2.40. The third-order valence-corrected chi connectivity index (χ3v) is 3.32. The number of rotatable bonds is 3. The molecule has 3 rings (SSSR count). The van der Waals surface area contributed by atoms with Crippen LogP contribution in [0.3, 0.4) is 0 Å². The van der Waals surface area contributed by atoms with Gasteiger partial charge in [0.1, 0.15) is 18.2 Å². The average molecular weight is 270 g/mol. The largest absolute Gasteiger partial charge is 0.489 e. The van der Waals surface area contributed by atoms with Crippen LogP contribution in [-0.4, -0.2) is 4.57 Å². The molecule has 102 valence electrons. The molecule has 3 aromatic rings. The van der Waals surface area contributed by atoms with Crippen LogP contribution < -0.4 is 10.5 Å². The Labute approximate surface area is 116 Å². The first kappa shape index (κ1) is 12.5. The van der Waals surface area contributed by atoms with Gasteiger partial charge in [-0.15, -0.1) is 0 Å². The monoisotopic (exact) mass is 270 g/mol. The molecule has 20 heavy (non-hydrogen) atoms. The second kappa shape index (κ2) is 4.89. The lowest BCUT2D eigenvalue weighted by Gasteiger charge is -2.06. The molecule has 1 heterocycles. The number of hydrogen-bond donors (Lipinski definition) is 1. The van der Waals surface area contributed by atoms with Gasteiger partial charge in [-0.05, 0) is 24.3 Å². The van der Waals surface area contributed by atoms with E-state index >= 15 is 0 Å². The van der Waals surface area contributed by atoms with Gasteiger partial charge in [0.25, 0.3) is 0 Å². The number of benzene rings is 2. The first-order valence-electron chi connectivity index (χ1n) is 6.36. The van der Waals surface area contributed by atoms with Gasteiger partial charge in [-0.2, -0.15) is 0 Å². The van der Waals surface area contributed by atoms with Crippen molar-refractivity contribution in [2.75, 3.05) is 5.73 Å². The highest BCUT2D eigenvalue weighted by atomic mass is 19.1. The van der Waals surface area contributed by atoms with Crippen molar-refractivity contribution < 1.29 is 9.13 Å². The van der Waals surface area contributed by atoms with Gasteiger partial charge in [0, 0.05) is 35.9 Å². The number of nitrogen functional groups attached to an aromatic ring is 1. The minimum Gasteiger partial charge on any atom is -0.489 e. The van der Waals surface area contributed by atoms with E-state index in [1.54, 1.807) is 12.1 Å². The molecule has 0 saturated carbocycles. The smallest absolute Gasteiger partial charge is 0.126 e. The quantitative estimate of drug-likeness (QED) is 0.740. The molecule has 2 N–H and O–H groups in total. The van der Waals surface area contributed by atoms with E-state index in [9.17, 15) is 4.39 Å². The Morgan fingerprint density at radius 2 is 2.00 bits per heavy atom. The van der Waals surface area contributed by atoms with E-state index in [1.807, 2.05) is 36.0 Å². The average Bonchev–Trinajstić information content (AvgIpc) is 2.75. The second-order valence-corrected chi connectivity index (χ2v) is 4.75. The van der Waals surface area contributed by atoms with Crippen molar-refractivity contribution in [3.8, 4) is 5.75 Å². The molecule has 0 aliphatic carbocycles. The highest BCUT2D eigenvalue weighted by Crippen LogP contribution is 2.27. The summed E-state index contributed by atoms with van der Waals surface area (Å²) in [4.78, 5) is 0. The van der Waals surface area contributed by atoms with Gasteiger partial charge < -0.3 is 15.0 Å². The normalized spacial score (nSPS) is 10.9. The second-order valence-electron chi connectivity index (χ2n) is 4.75. The van der Waals surface area contributed by atoms with Gasteiger partial charge in [0.15, 0.2) is 0 Å². The third-order valence-electron chi connectivity index (χ3n) is 3.32. The summed E-state index contributed by atoms with van der Waals surface area (Å²) in [7, 11) is 1.97. The molecule has 0 amide bonds. The predicted molar refractivity (Wildman–Crippen MR) is 78.1 cm³/mol. The van der Waals surface area contributed by atoms with Crippen molar-refractivity contribution in [1.82, 2.24) is 4.57 Å². The number of aromatic nitrogens is 1. The Bertz CT molecular complexity index is 764. The Kier molecular flexibility index (Phi) is 3.06. The van der Waals surface area contributed by atoms with Crippen LogP contribution in [0.2, 0.25) is 0 Å². The van der Waals surface area contributed by atoms with Gasteiger partial charge >= 0.3 is 0 Å². The minimum absolute atomic E-state index is 0.306. The zero-order chi connectivity index (χ0) is 14.1. The van der Waals surface area contributed by atoms with Crippen molar-refractivity contribution in [2.24, 2.45) is 7.05 Å². The lowest BCUT2D eigenvalue weighted by molar-refractivity contribution is 0.306. The number of halogens is 1. The molecular formula is C16H15FN2O. The molecule has 0 aliphatic rings. The fraction of sp³-hybridized carbons (Fsp3) is 0.125. The summed E-state index contributed by atoms with van der Waals surface area (Å²) < 4.78 is 20.8. The number of ether oxygens (including phenoxy) is 1. The highest BCUT2D eigenvalue weighted by Gasteiger charge is 2.10. The van der Waals surface area contributed by atoms with Gasteiger partial charge in [-0.1, -0.05) is 12.1 Å². The Morgan fingerprint density at radius 3 is 2.80 bits per heavy atom. The standard InChI is InChI=1S/C16H15FN2O/c1-19-9-11(16-14(18)6-3-7-15(16)19)10-20-13-5-2-4-12(17)8-13/h2-9H,10,18H2,1H3. The van der Waals surface area contributed by atoms with Crippen LogP contribution in [0.25, 0.3) is 10.9 Å². The Balaban J connectivity index is 1.92. The lowest BCUT2D eigenvalue weighted by atomic mass is 10.1. The molecule has 2 aromatic carbocycles. The first-order valence-corrected chi connectivity index (χ1v) is 6.36. The summed E-state index contributed by atoms with van der Waals surface area (Å²) in [6.45, 7) is 0.356. The molecule has 0 atom stereocenters. The van der Waals surface area contributed by atoms with Crippen LogP contribution in [0.5, 0.6) is 5.75 Å². The van der Waals surface area contributed by atoms with Crippen molar-refractivity contribution in [3.63, 3.8) is 0 Å². The van der Waals surface area contributed by atoms with Crippen LogP contribution in [0.4, 0.5) is 10.1 Å². The van der Waals surface area contributed by atoms with Gasteiger partial charge in [-0.25, -0.2) is 4.39 Å². The molecule has 3 nitrogen and oxygen atoms in total. The maximum atomic E-state index is 13.1. The molecule has 0 fully saturated rings. The number of hydrogen-bond acceptors (Lipinski definition) is 2. The van der Waals surface area contributed by atoms with E-state index in [0.717, 1.165) is 22.2 Å². The van der Waals surface area contributed by atoms with Crippen molar-refractivity contribution >= 4 is 16.6 Å². The van der Waals surface area contributed by atoms with Crippen LogP contribution in [0, 0.1) is 5.82 Å². The summed E-state index contributed by atoms with van der Waals surface area (Å²) in [5.41, 5.74) is 8.81. The van der Waals surface area contributed by atoms with E-state index in [0.29, 0.717) is 12.4 Å².